The van der Waals surface area contributed by atoms with Gasteiger partial charge in [0.1, 0.15) is 5.54 Å². The van der Waals surface area contributed by atoms with Crippen LogP contribution in [0.5, 0.6) is 0 Å². The molecular weight excluding hydrogens is 226 g/mol. The van der Waals surface area contributed by atoms with E-state index < -0.39 is 11.5 Å². The van der Waals surface area contributed by atoms with Crippen LogP contribution in [0.15, 0.2) is 30.3 Å². The molecule has 2 atom stereocenters. The molecule has 0 heterocycles. The Morgan fingerprint density at radius 3 is 2.39 bits per heavy atom. The molecule has 2 rings (SSSR count). The van der Waals surface area contributed by atoms with Crippen LogP contribution in [0.25, 0.3) is 0 Å². The number of nitrogens with zero attached hydrogens (tertiary/aromatic N) is 1. The van der Waals surface area contributed by atoms with E-state index in [1.54, 1.807) is 6.92 Å². The predicted molar refractivity (Wildman–Crippen MR) is 71.4 cm³/mol. The van der Waals surface area contributed by atoms with Gasteiger partial charge in [-0.1, -0.05) is 30.3 Å². The molecule has 0 aliphatic heterocycles. The third-order valence-electron chi connectivity index (χ3n) is 4.37. The zero-order valence-electron chi connectivity index (χ0n) is 11.3. The number of likely N-dealkylation sites (N-methyl/N-ethyl adjacent to an activating group) is 1. The molecule has 2 unspecified atom stereocenters. The number of hydrogen-bond donors (Lipinski definition) is 1. The van der Waals surface area contributed by atoms with Crippen molar-refractivity contribution in [2.45, 2.75) is 38.3 Å². The fourth-order valence-electron chi connectivity index (χ4n) is 2.54. The van der Waals surface area contributed by atoms with Crippen LogP contribution in [0.3, 0.4) is 0 Å². The van der Waals surface area contributed by atoms with E-state index in [4.69, 9.17) is 0 Å². The van der Waals surface area contributed by atoms with Crippen molar-refractivity contribution in [2.24, 2.45) is 5.92 Å². The lowest BCUT2D eigenvalue weighted by Gasteiger charge is -2.39. The Labute approximate surface area is 108 Å². The fourth-order valence-corrected chi connectivity index (χ4v) is 2.54. The number of carboxylic acid groups (broad SMARTS) is 1. The summed E-state index contributed by atoms with van der Waals surface area (Å²) in [5.41, 5.74) is -0.115. The molecule has 18 heavy (non-hydrogen) atoms. The molecule has 1 N–H and O–H groups in total. The van der Waals surface area contributed by atoms with Gasteiger partial charge in [0.25, 0.3) is 0 Å². The fraction of sp³-hybridized carbons (Fsp3) is 0.533. The van der Waals surface area contributed by atoms with Crippen molar-refractivity contribution in [3.05, 3.63) is 35.9 Å². The van der Waals surface area contributed by atoms with E-state index in [0.29, 0.717) is 12.0 Å². The van der Waals surface area contributed by atoms with Gasteiger partial charge in [-0.2, -0.15) is 0 Å². The Balaban J connectivity index is 2.34. The Hall–Kier alpha value is -1.35. The van der Waals surface area contributed by atoms with Crippen molar-refractivity contribution in [1.82, 2.24) is 4.90 Å². The number of carbonyl (C=O) groups is 1. The van der Waals surface area contributed by atoms with E-state index in [0.717, 1.165) is 5.56 Å². The Morgan fingerprint density at radius 2 is 1.94 bits per heavy atom. The molecular formula is C15H21NO2. The summed E-state index contributed by atoms with van der Waals surface area (Å²) < 4.78 is 0. The number of carboxylic acids is 1. The molecule has 3 nitrogen and oxygen atoms in total. The molecule has 1 aliphatic rings. The van der Waals surface area contributed by atoms with E-state index in [9.17, 15) is 9.90 Å². The first-order chi connectivity index (χ1) is 8.48. The zero-order valence-corrected chi connectivity index (χ0v) is 11.3. The van der Waals surface area contributed by atoms with Crippen LogP contribution in [-0.4, -0.2) is 29.1 Å². The highest BCUT2D eigenvalue weighted by Gasteiger charge is 2.44. The van der Waals surface area contributed by atoms with Gasteiger partial charge in [-0.25, -0.2) is 4.79 Å². The lowest BCUT2D eigenvalue weighted by molar-refractivity contribution is -0.152. The van der Waals surface area contributed by atoms with E-state index in [1.165, 1.54) is 12.8 Å². The molecule has 0 amide bonds. The monoisotopic (exact) mass is 247 g/mol. The molecule has 98 valence electrons. The summed E-state index contributed by atoms with van der Waals surface area (Å²) in [6.07, 6.45) is 2.44. The van der Waals surface area contributed by atoms with Gasteiger partial charge in [-0.05, 0) is 45.2 Å². The van der Waals surface area contributed by atoms with Crippen LogP contribution in [-0.2, 0) is 10.3 Å². The van der Waals surface area contributed by atoms with Gasteiger partial charge in [-0.3, -0.25) is 4.90 Å². The van der Waals surface area contributed by atoms with Gasteiger partial charge in [0.05, 0.1) is 0 Å². The summed E-state index contributed by atoms with van der Waals surface area (Å²) in [6, 6.07) is 9.79. The average molecular weight is 247 g/mol. The molecule has 1 fully saturated rings. The maximum absolute atomic E-state index is 11.8. The molecule has 1 saturated carbocycles. The number of benzene rings is 1. The van der Waals surface area contributed by atoms with E-state index >= 15 is 0 Å². The molecule has 0 radical (unpaired) electrons. The van der Waals surface area contributed by atoms with Crippen molar-refractivity contribution in [2.75, 3.05) is 7.05 Å². The standard InChI is InChI=1S/C15H21NO2/c1-11(12-9-10-12)16(3)15(2,14(17)18)13-7-5-4-6-8-13/h4-8,11-12H,9-10H2,1-3H3,(H,17,18). The van der Waals surface area contributed by atoms with Crippen molar-refractivity contribution in [3.8, 4) is 0 Å². The minimum atomic E-state index is -0.955. The maximum atomic E-state index is 11.8. The molecule has 1 aliphatic carbocycles. The number of hydrogen-bond acceptors (Lipinski definition) is 2. The van der Waals surface area contributed by atoms with E-state index in [-0.39, 0.29) is 0 Å². The number of aliphatic carboxylic acids is 1. The summed E-state index contributed by atoms with van der Waals surface area (Å²) in [4.78, 5) is 13.8. The second-order valence-corrected chi connectivity index (χ2v) is 5.43. The summed E-state index contributed by atoms with van der Waals surface area (Å²) >= 11 is 0. The second-order valence-electron chi connectivity index (χ2n) is 5.43. The van der Waals surface area contributed by atoms with Crippen LogP contribution in [0.4, 0.5) is 0 Å². The SMILES string of the molecule is CC(C1CC1)N(C)C(C)(C(=O)O)c1ccccc1. The maximum Gasteiger partial charge on any atom is 0.328 e. The second kappa shape index (κ2) is 4.73. The summed E-state index contributed by atoms with van der Waals surface area (Å²) in [5, 5.41) is 9.67. The van der Waals surface area contributed by atoms with Gasteiger partial charge < -0.3 is 5.11 Å². The van der Waals surface area contributed by atoms with Crippen molar-refractivity contribution >= 4 is 5.97 Å². The Bertz CT molecular complexity index is 427. The predicted octanol–water partition coefficient (Wildman–Crippen LogP) is 2.72. The third kappa shape index (κ3) is 2.15. The molecule has 0 bridgehead atoms. The molecule has 0 spiro atoms. The lowest BCUT2D eigenvalue weighted by atomic mass is 9.88. The van der Waals surface area contributed by atoms with Gasteiger partial charge >= 0.3 is 5.97 Å². The van der Waals surface area contributed by atoms with Gasteiger partial charge in [0.15, 0.2) is 0 Å². The normalized spacial score (nSPS) is 20.4. The minimum absolute atomic E-state index is 0.298. The van der Waals surface area contributed by atoms with Crippen LogP contribution in [0.2, 0.25) is 0 Å². The highest BCUT2D eigenvalue weighted by atomic mass is 16.4. The van der Waals surface area contributed by atoms with Gasteiger partial charge in [0.2, 0.25) is 0 Å². The summed E-state index contributed by atoms with van der Waals surface area (Å²) in [6.45, 7) is 3.92. The van der Waals surface area contributed by atoms with Gasteiger partial charge in [0, 0.05) is 6.04 Å². The summed E-state index contributed by atoms with van der Waals surface area (Å²) in [7, 11) is 1.92. The molecule has 0 aromatic heterocycles. The molecule has 0 saturated heterocycles. The molecule has 1 aromatic rings. The largest absolute Gasteiger partial charge is 0.480 e. The quantitative estimate of drug-likeness (QED) is 0.869. The van der Waals surface area contributed by atoms with Crippen molar-refractivity contribution in [3.63, 3.8) is 0 Å². The average Bonchev–Trinajstić information content (AvgIpc) is 3.21. The number of rotatable bonds is 5. The van der Waals surface area contributed by atoms with Crippen LogP contribution < -0.4 is 0 Å². The Kier molecular flexibility index (Phi) is 3.44. The molecule has 1 aromatic carbocycles. The Morgan fingerprint density at radius 1 is 1.39 bits per heavy atom. The smallest absolute Gasteiger partial charge is 0.328 e. The third-order valence-corrected chi connectivity index (χ3v) is 4.37. The van der Waals surface area contributed by atoms with E-state index in [2.05, 4.69) is 6.92 Å². The van der Waals surface area contributed by atoms with Crippen LogP contribution in [0, 0.1) is 5.92 Å². The minimum Gasteiger partial charge on any atom is -0.480 e. The first kappa shape index (κ1) is 13.1. The van der Waals surface area contributed by atoms with Crippen molar-refractivity contribution < 1.29 is 9.90 Å². The lowest BCUT2D eigenvalue weighted by Crippen LogP contribution is -2.52. The first-order valence-electron chi connectivity index (χ1n) is 6.49. The van der Waals surface area contributed by atoms with Crippen LogP contribution >= 0.6 is 0 Å². The summed E-state index contributed by atoms with van der Waals surface area (Å²) in [5.74, 6) is -0.138. The topological polar surface area (TPSA) is 40.5 Å². The van der Waals surface area contributed by atoms with E-state index in [1.807, 2.05) is 42.3 Å². The van der Waals surface area contributed by atoms with Gasteiger partial charge in [-0.15, -0.1) is 0 Å². The first-order valence-corrected chi connectivity index (χ1v) is 6.49. The van der Waals surface area contributed by atoms with Crippen LogP contribution in [0.1, 0.15) is 32.3 Å². The molecule has 3 heteroatoms. The van der Waals surface area contributed by atoms with Crippen molar-refractivity contribution in [1.29, 1.82) is 0 Å². The highest BCUT2D eigenvalue weighted by Crippen LogP contribution is 2.39. The highest BCUT2D eigenvalue weighted by molar-refractivity contribution is 5.80. The zero-order chi connectivity index (χ0) is 13.3.